The summed E-state index contributed by atoms with van der Waals surface area (Å²) in [6.07, 6.45) is 3.19. The average Bonchev–Trinajstić information content (AvgIpc) is 2.93. The molecule has 0 radical (unpaired) electrons. The largest absolute Gasteiger partial charge is 0.478 e. The zero-order valence-electron chi connectivity index (χ0n) is 9.00. The van der Waals surface area contributed by atoms with Gasteiger partial charge in [0.05, 0.1) is 5.56 Å². The summed E-state index contributed by atoms with van der Waals surface area (Å²) in [5.74, 6) is -0.436. The van der Waals surface area contributed by atoms with Gasteiger partial charge in [-0.2, -0.15) is 0 Å². The van der Waals surface area contributed by atoms with Gasteiger partial charge in [-0.25, -0.2) is 9.78 Å². The van der Waals surface area contributed by atoms with Crippen LogP contribution >= 0.6 is 11.6 Å². The van der Waals surface area contributed by atoms with Crippen molar-refractivity contribution in [3.63, 3.8) is 0 Å². The molecule has 6 heteroatoms. The van der Waals surface area contributed by atoms with Crippen molar-refractivity contribution in [3.05, 3.63) is 47.4 Å². The molecule has 0 aliphatic carbocycles. The fraction of sp³-hybridized carbons (Fsp3) is 0. The number of rotatable bonds is 2. The molecule has 0 fully saturated rings. The summed E-state index contributed by atoms with van der Waals surface area (Å²) < 4.78 is 6.88. The van der Waals surface area contributed by atoms with E-state index >= 15 is 0 Å². The van der Waals surface area contributed by atoms with Crippen LogP contribution < -0.4 is 0 Å². The summed E-state index contributed by atoms with van der Waals surface area (Å²) in [7, 11) is 0. The van der Waals surface area contributed by atoms with Gasteiger partial charge in [0.15, 0.2) is 11.0 Å². The maximum atomic E-state index is 10.9. The Balaban J connectivity index is 2.13. The predicted octanol–water partition coefficient (Wildman–Crippen LogP) is 2.95. The first kappa shape index (κ1) is 10.9. The summed E-state index contributed by atoms with van der Waals surface area (Å²) in [5, 5.41) is 9.19. The van der Waals surface area contributed by atoms with Crippen molar-refractivity contribution >= 4 is 23.2 Å². The Bertz CT molecular complexity index is 745. The van der Waals surface area contributed by atoms with E-state index in [4.69, 9.17) is 21.1 Å². The van der Waals surface area contributed by atoms with Gasteiger partial charge in [-0.3, -0.25) is 0 Å². The van der Waals surface area contributed by atoms with Crippen molar-refractivity contribution in [3.8, 4) is 11.5 Å². The number of hydrogen-bond donors (Lipinski definition) is 1. The van der Waals surface area contributed by atoms with E-state index in [9.17, 15) is 4.79 Å². The Morgan fingerprint density at radius 2 is 2.11 bits per heavy atom. The topological polar surface area (TPSA) is 67.7 Å². The molecule has 0 aliphatic rings. The van der Waals surface area contributed by atoms with Gasteiger partial charge in [0, 0.05) is 12.4 Å². The first-order valence-corrected chi connectivity index (χ1v) is 5.49. The number of carboxylic acid groups (broad SMARTS) is 1. The highest BCUT2D eigenvalue weighted by Gasteiger charge is 2.10. The van der Waals surface area contributed by atoms with E-state index in [0.29, 0.717) is 17.1 Å². The smallest absolute Gasteiger partial charge is 0.337 e. The molecule has 1 N–H and O–H groups in total. The van der Waals surface area contributed by atoms with E-state index in [1.807, 2.05) is 0 Å². The summed E-state index contributed by atoms with van der Waals surface area (Å²) in [4.78, 5) is 15.2. The fourth-order valence-corrected chi connectivity index (χ4v) is 1.84. The number of pyridine rings is 1. The minimum absolute atomic E-state index is 0.198. The quantitative estimate of drug-likeness (QED) is 0.771. The van der Waals surface area contributed by atoms with E-state index in [2.05, 4.69) is 4.98 Å². The van der Waals surface area contributed by atoms with Gasteiger partial charge in [0.1, 0.15) is 11.3 Å². The summed E-state index contributed by atoms with van der Waals surface area (Å²) in [5.41, 5.74) is 1.44. The van der Waals surface area contributed by atoms with Gasteiger partial charge in [-0.05, 0) is 35.9 Å². The molecule has 3 aromatic rings. The molecule has 18 heavy (non-hydrogen) atoms. The van der Waals surface area contributed by atoms with Crippen LogP contribution in [0.2, 0.25) is 5.22 Å². The van der Waals surface area contributed by atoms with Crippen molar-refractivity contribution in [2.45, 2.75) is 0 Å². The number of halogens is 1. The van der Waals surface area contributed by atoms with Crippen molar-refractivity contribution in [1.82, 2.24) is 9.38 Å². The third-order valence-corrected chi connectivity index (χ3v) is 2.73. The average molecular weight is 263 g/mol. The van der Waals surface area contributed by atoms with Crippen LogP contribution in [0.4, 0.5) is 0 Å². The lowest BCUT2D eigenvalue weighted by Crippen LogP contribution is -1.97. The number of aromatic nitrogens is 2. The maximum Gasteiger partial charge on any atom is 0.337 e. The number of furan rings is 1. The van der Waals surface area contributed by atoms with Gasteiger partial charge >= 0.3 is 5.97 Å². The molecule has 0 saturated heterocycles. The van der Waals surface area contributed by atoms with Crippen LogP contribution in [0.15, 0.2) is 41.1 Å². The molecule has 0 saturated carbocycles. The van der Waals surface area contributed by atoms with Gasteiger partial charge < -0.3 is 13.9 Å². The minimum atomic E-state index is -0.979. The Morgan fingerprint density at radius 1 is 1.28 bits per heavy atom. The van der Waals surface area contributed by atoms with Crippen LogP contribution in [0.3, 0.4) is 0 Å². The second kappa shape index (κ2) is 3.89. The lowest BCUT2D eigenvalue weighted by atomic mass is 10.3. The molecule has 0 atom stereocenters. The Labute approximate surface area is 106 Å². The highest BCUT2D eigenvalue weighted by Crippen LogP contribution is 2.24. The van der Waals surface area contributed by atoms with Crippen molar-refractivity contribution in [2.24, 2.45) is 0 Å². The second-order valence-corrected chi connectivity index (χ2v) is 4.09. The van der Waals surface area contributed by atoms with Gasteiger partial charge in [-0.15, -0.1) is 0 Å². The fourth-order valence-electron chi connectivity index (χ4n) is 1.69. The standard InChI is InChI=1S/C12H7ClN2O3/c13-10-3-2-9(18-10)8-6-15-5-7(12(16)17)1-4-11(15)14-8/h1-6H,(H,16,17). The monoisotopic (exact) mass is 262 g/mol. The summed E-state index contributed by atoms with van der Waals surface area (Å²) >= 11 is 5.70. The van der Waals surface area contributed by atoms with Crippen LogP contribution in [0.1, 0.15) is 10.4 Å². The number of fused-ring (bicyclic) bond motifs is 1. The summed E-state index contributed by atoms with van der Waals surface area (Å²) in [6, 6.07) is 6.48. The first-order valence-electron chi connectivity index (χ1n) is 5.11. The predicted molar refractivity (Wildman–Crippen MR) is 64.9 cm³/mol. The van der Waals surface area contributed by atoms with Crippen LogP contribution in [0.25, 0.3) is 17.1 Å². The lowest BCUT2D eigenvalue weighted by molar-refractivity contribution is 0.0696. The number of carbonyl (C=O) groups is 1. The van der Waals surface area contributed by atoms with Crippen molar-refractivity contribution in [2.75, 3.05) is 0 Å². The third kappa shape index (κ3) is 1.74. The highest BCUT2D eigenvalue weighted by atomic mass is 35.5. The molecular formula is C12H7ClN2O3. The Hall–Kier alpha value is -2.27. The number of aromatic carboxylic acids is 1. The molecule has 3 aromatic heterocycles. The van der Waals surface area contributed by atoms with Crippen molar-refractivity contribution < 1.29 is 14.3 Å². The normalized spacial score (nSPS) is 10.9. The number of nitrogens with zero attached hydrogens (tertiary/aromatic N) is 2. The number of hydrogen-bond acceptors (Lipinski definition) is 3. The molecule has 5 nitrogen and oxygen atoms in total. The minimum Gasteiger partial charge on any atom is -0.478 e. The van der Waals surface area contributed by atoms with E-state index in [0.717, 1.165) is 0 Å². The third-order valence-electron chi connectivity index (χ3n) is 2.52. The molecule has 0 unspecified atom stereocenters. The maximum absolute atomic E-state index is 10.9. The van der Waals surface area contributed by atoms with Gasteiger partial charge in [0.25, 0.3) is 0 Å². The van der Waals surface area contributed by atoms with E-state index in [1.54, 1.807) is 28.8 Å². The summed E-state index contributed by atoms with van der Waals surface area (Å²) in [6.45, 7) is 0. The van der Waals surface area contributed by atoms with Crippen LogP contribution in [-0.2, 0) is 0 Å². The molecule has 90 valence electrons. The van der Waals surface area contributed by atoms with E-state index in [-0.39, 0.29) is 10.8 Å². The Kier molecular flexibility index (Phi) is 2.34. The van der Waals surface area contributed by atoms with E-state index in [1.165, 1.54) is 12.3 Å². The van der Waals surface area contributed by atoms with Crippen LogP contribution in [0.5, 0.6) is 0 Å². The zero-order chi connectivity index (χ0) is 12.7. The van der Waals surface area contributed by atoms with Crippen molar-refractivity contribution in [1.29, 1.82) is 0 Å². The molecule has 0 aliphatic heterocycles. The number of imidazole rings is 1. The molecule has 3 rings (SSSR count). The SMILES string of the molecule is O=C(O)c1ccc2nc(-c3ccc(Cl)o3)cn2c1. The van der Waals surface area contributed by atoms with E-state index < -0.39 is 5.97 Å². The zero-order valence-corrected chi connectivity index (χ0v) is 9.76. The Morgan fingerprint density at radius 3 is 2.78 bits per heavy atom. The van der Waals surface area contributed by atoms with Crippen LogP contribution in [0, 0.1) is 0 Å². The molecule has 3 heterocycles. The van der Waals surface area contributed by atoms with Crippen LogP contribution in [-0.4, -0.2) is 20.5 Å². The molecule has 0 bridgehead atoms. The van der Waals surface area contributed by atoms with Gasteiger partial charge in [0.2, 0.25) is 0 Å². The molecule has 0 amide bonds. The molecule has 0 spiro atoms. The molecular weight excluding hydrogens is 256 g/mol. The van der Waals surface area contributed by atoms with Gasteiger partial charge in [-0.1, -0.05) is 0 Å². The first-order chi connectivity index (χ1) is 8.63. The highest BCUT2D eigenvalue weighted by molar-refractivity contribution is 6.28. The second-order valence-electron chi connectivity index (χ2n) is 3.72. The molecule has 0 aromatic carbocycles. The number of carboxylic acids is 1. The lowest BCUT2D eigenvalue weighted by Gasteiger charge is -1.95.